The standard InChI is InChI=1S/C16H33N3O/c1-2-17-14-16(6-4-3-5-7-16)15-19-10-8-18(9-11-19)12-13-20/h17,20H,2-15H2,1H3. The van der Waals surface area contributed by atoms with Crippen molar-refractivity contribution in [1.82, 2.24) is 15.1 Å². The van der Waals surface area contributed by atoms with E-state index in [1.807, 2.05) is 0 Å². The van der Waals surface area contributed by atoms with Crippen molar-refractivity contribution < 1.29 is 5.11 Å². The Morgan fingerprint density at radius 3 is 2.25 bits per heavy atom. The summed E-state index contributed by atoms with van der Waals surface area (Å²) in [5, 5.41) is 12.6. The average molecular weight is 283 g/mol. The second-order valence-corrected chi connectivity index (χ2v) is 6.68. The van der Waals surface area contributed by atoms with E-state index in [4.69, 9.17) is 5.11 Å². The summed E-state index contributed by atoms with van der Waals surface area (Å²) in [5.74, 6) is 0. The molecule has 4 nitrogen and oxygen atoms in total. The van der Waals surface area contributed by atoms with E-state index in [0.717, 1.165) is 26.2 Å². The Morgan fingerprint density at radius 2 is 1.65 bits per heavy atom. The van der Waals surface area contributed by atoms with Gasteiger partial charge in [0.25, 0.3) is 0 Å². The maximum atomic E-state index is 9.02. The van der Waals surface area contributed by atoms with Gasteiger partial charge in [0.1, 0.15) is 0 Å². The molecule has 2 N–H and O–H groups in total. The summed E-state index contributed by atoms with van der Waals surface area (Å²) >= 11 is 0. The fraction of sp³-hybridized carbons (Fsp3) is 1.00. The Hall–Kier alpha value is -0.160. The molecule has 1 aliphatic carbocycles. The molecule has 1 aliphatic heterocycles. The number of aliphatic hydroxyl groups is 1. The van der Waals surface area contributed by atoms with E-state index in [2.05, 4.69) is 22.0 Å². The molecule has 0 amide bonds. The summed E-state index contributed by atoms with van der Waals surface area (Å²) in [4.78, 5) is 5.05. The van der Waals surface area contributed by atoms with Crippen LogP contribution in [0.5, 0.6) is 0 Å². The Balaban J connectivity index is 1.82. The van der Waals surface area contributed by atoms with Gasteiger partial charge >= 0.3 is 0 Å². The molecule has 0 atom stereocenters. The Kier molecular flexibility index (Phi) is 6.75. The van der Waals surface area contributed by atoms with Gasteiger partial charge < -0.3 is 15.3 Å². The molecule has 0 unspecified atom stereocenters. The first-order chi connectivity index (χ1) is 9.78. The molecular weight excluding hydrogens is 250 g/mol. The number of hydrogen-bond acceptors (Lipinski definition) is 4. The summed E-state index contributed by atoms with van der Waals surface area (Å²) in [6.07, 6.45) is 7.05. The molecule has 0 aromatic heterocycles. The highest BCUT2D eigenvalue weighted by Gasteiger charge is 2.34. The molecular formula is C16H33N3O. The van der Waals surface area contributed by atoms with E-state index < -0.39 is 0 Å². The van der Waals surface area contributed by atoms with Crippen LogP contribution in [0.25, 0.3) is 0 Å². The van der Waals surface area contributed by atoms with Crippen LogP contribution >= 0.6 is 0 Å². The van der Waals surface area contributed by atoms with Crippen molar-refractivity contribution in [3.05, 3.63) is 0 Å². The highest BCUT2D eigenvalue weighted by atomic mass is 16.3. The van der Waals surface area contributed by atoms with Crippen LogP contribution in [0.15, 0.2) is 0 Å². The number of β-amino-alcohol motifs (C(OH)–C–C–N with tert-alkyl or cyclic N) is 1. The summed E-state index contributed by atoms with van der Waals surface area (Å²) in [6.45, 7) is 11.5. The highest BCUT2D eigenvalue weighted by Crippen LogP contribution is 2.36. The molecule has 118 valence electrons. The minimum absolute atomic E-state index is 0.296. The monoisotopic (exact) mass is 283 g/mol. The lowest BCUT2D eigenvalue weighted by molar-refractivity contribution is 0.0566. The van der Waals surface area contributed by atoms with Crippen LogP contribution in [0.3, 0.4) is 0 Å². The summed E-state index contributed by atoms with van der Waals surface area (Å²) in [6, 6.07) is 0. The molecule has 1 saturated heterocycles. The van der Waals surface area contributed by atoms with E-state index in [9.17, 15) is 0 Å². The zero-order valence-corrected chi connectivity index (χ0v) is 13.2. The average Bonchev–Trinajstić information content (AvgIpc) is 2.49. The van der Waals surface area contributed by atoms with Gasteiger partial charge in [0.2, 0.25) is 0 Å². The van der Waals surface area contributed by atoms with Crippen molar-refractivity contribution in [2.45, 2.75) is 39.0 Å². The van der Waals surface area contributed by atoms with E-state index >= 15 is 0 Å². The van der Waals surface area contributed by atoms with Crippen LogP contribution in [0.1, 0.15) is 39.0 Å². The normalized spacial score (nSPS) is 24.9. The number of rotatable bonds is 7. The maximum absolute atomic E-state index is 9.02. The second kappa shape index (κ2) is 8.32. The zero-order valence-electron chi connectivity index (χ0n) is 13.2. The van der Waals surface area contributed by atoms with Crippen molar-refractivity contribution in [3.63, 3.8) is 0 Å². The molecule has 0 bridgehead atoms. The highest BCUT2D eigenvalue weighted by molar-refractivity contribution is 4.89. The first-order valence-corrected chi connectivity index (χ1v) is 8.54. The molecule has 2 aliphatic rings. The fourth-order valence-electron chi connectivity index (χ4n) is 3.87. The van der Waals surface area contributed by atoms with E-state index in [1.54, 1.807) is 0 Å². The molecule has 2 rings (SSSR count). The lowest BCUT2D eigenvalue weighted by atomic mass is 9.73. The number of nitrogens with zero attached hydrogens (tertiary/aromatic N) is 2. The number of nitrogens with one attached hydrogen (secondary N) is 1. The number of aliphatic hydroxyl groups excluding tert-OH is 1. The second-order valence-electron chi connectivity index (χ2n) is 6.68. The van der Waals surface area contributed by atoms with Gasteiger partial charge in [-0.05, 0) is 24.8 Å². The van der Waals surface area contributed by atoms with Crippen molar-refractivity contribution >= 4 is 0 Å². The van der Waals surface area contributed by atoms with Gasteiger partial charge in [-0.1, -0.05) is 26.2 Å². The van der Waals surface area contributed by atoms with Gasteiger partial charge in [0.15, 0.2) is 0 Å². The van der Waals surface area contributed by atoms with Crippen molar-refractivity contribution in [2.75, 3.05) is 59.0 Å². The van der Waals surface area contributed by atoms with Gasteiger partial charge in [-0.25, -0.2) is 0 Å². The third-order valence-corrected chi connectivity index (χ3v) is 5.10. The van der Waals surface area contributed by atoms with Gasteiger partial charge in [0.05, 0.1) is 6.61 Å². The van der Waals surface area contributed by atoms with E-state index in [0.29, 0.717) is 12.0 Å². The Morgan fingerprint density at radius 1 is 1.00 bits per heavy atom. The summed E-state index contributed by atoms with van der Waals surface area (Å²) < 4.78 is 0. The molecule has 20 heavy (non-hydrogen) atoms. The number of hydrogen-bond donors (Lipinski definition) is 2. The largest absolute Gasteiger partial charge is 0.395 e. The topological polar surface area (TPSA) is 38.7 Å². The SMILES string of the molecule is CCNCC1(CN2CCN(CCO)CC2)CCCCC1. The van der Waals surface area contributed by atoms with Crippen LogP contribution in [0, 0.1) is 5.41 Å². The Labute approximate surface area is 124 Å². The predicted octanol–water partition coefficient (Wildman–Crippen LogP) is 1.16. The van der Waals surface area contributed by atoms with Crippen molar-refractivity contribution in [3.8, 4) is 0 Å². The summed E-state index contributed by atoms with van der Waals surface area (Å²) in [5.41, 5.74) is 0.521. The van der Waals surface area contributed by atoms with Gasteiger partial charge in [0, 0.05) is 45.8 Å². The van der Waals surface area contributed by atoms with E-state index in [-0.39, 0.29) is 0 Å². The molecule has 0 aromatic carbocycles. The lowest BCUT2D eigenvalue weighted by Crippen LogP contribution is -2.52. The van der Waals surface area contributed by atoms with Gasteiger partial charge in [-0.3, -0.25) is 4.90 Å². The van der Waals surface area contributed by atoms with Crippen LogP contribution in [0.4, 0.5) is 0 Å². The first-order valence-electron chi connectivity index (χ1n) is 8.54. The number of piperazine rings is 1. The van der Waals surface area contributed by atoms with E-state index in [1.165, 1.54) is 58.3 Å². The summed E-state index contributed by atoms with van der Waals surface area (Å²) in [7, 11) is 0. The van der Waals surface area contributed by atoms with Crippen LogP contribution in [0.2, 0.25) is 0 Å². The van der Waals surface area contributed by atoms with Crippen LogP contribution in [-0.2, 0) is 0 Å². The van der Waals surface area contributed by atoms with Gasteiger partial charge in [-0.15, -0.1) is 0 Å². The van der Waals surface area contributed by atoms with Crippen molar-refractivity contribution in [1.29, 1.82) is 0 Å². The molecule has 0 spiro atoms. The molecule has 0 aromatic rings. The minimum Gasteiger partial charge on any atom is -0.395 e. The quantitative estimate of drug-likeness (QED) is 0.735. The zero-order chi connectivity index (χ0) is 14.3. The predicted molar refractivity (Wildman–Crippen MR) is 84.0 cm³/mol. The van der Waals surface area contributed by atoms with Crippen molar-refractivity contribution in [2.24, 2.45) is 5.41 Å². The third kappa shape index (κ3) is 4.69. The van der Waals surface area contributed by atoms with Gasteiger partial charge in [-0.2, -0.15) is 0 Å². The fourth-order valence-corrected chi connectivity index (χ4v) is 3.87. The first kappa shape index (κ1) is 16.2. The third-order valence-electron chi connectivity index (χ3n) is 5.10. The van der Waals surface area contributed by atoms with Crippen LogP contribution in [-0.4, -0.2) is 73.9 Å². The molecule has 1 heterocycles. The minimum atomic E-state index is 0.296. The molecule has 1 saturated carbocycles. The lowest BCUT2D eigenvalue weighted by Gasteiger charge is -2.44. The van der Waals surface area contributed by atoms with Crippen LogP contribution < -0.4 is 5.32 Å². The molecule has 0 radical (unpaired) electrons. The smallest absolute Gasteiger partial charge is 0.0558 e. The maximum Gasteiger partial charge on any atom is 0.0558 e. The molecule has 4 heteroatoms. The molecule has 2 fully saturated rings. The Bertz CT molecular complexity index is 258.